The van der Waals surface area contributed by atoms with Gasteiger partial charge in [0.2, 0.25) is 5.91 Å². The largest absolute Gasteiger partial charge is 0.324 e. The smallest absolute Gasteiger partial charge is 0.224 e. The first-order valence-electron chi connectivity index (χ1n) is 5.55. The minimum atomic E-state index is 0.00164. The Hall–Kier alpha value is -1.61. The summed E-state index contributed by atoms with van der Waals surface area (Å²) in [4.78, 5) is 15.8. The van der Waals surface area contributed by atoms with E-state index in [0.717, 1.165) is 17.3 Å². The minimum absolute atomic E-state index is 0.00164. The molecule has 2 aromatic rings. The summed E-state index contributed by atoms with van der Waals surface area (Å²) in [6.07, 6.45) is 3.02. The van der Waals surface area contributed by atoms with Crippen molar-refractivity contribution in [2.24, 2.45) is 0 Å². The highest BCUT2D eigenvalue weighted by molar-refractivity contribution is 6.35. The van der Waals surface area contributed by atoms with Gasteiger partial charge in [0.1, 0.15) is 0 Å². The van der Waals surface area contributed by atoms with Crippen molar-refractivity contribution in [2.75, 3.05) is 5.32 Å². The van der Waals surface area contributed by atoms with E-state index in [9.17, 15) is 4.79 Å². The van der Waals surface area contributed by atoms with Crippen LogP contribution in [0.2, 0.25) is 5.02 Å². The molecule has 1 amide bonds. The van der Waals surface area contributed by atoms with Crippen molar-refractivity contribution >= 4 is 34.1 Å². The molecule has 0 fully saturated rings. The third-order valence-corrected chi connectivity index (χ3v) is 2.80. The molecule has 2 rings (SSSR count). The van der Waals surface area contributed by atoms with Gasteiger partial charge in [0.15, 0.2) is 0 Å². The van der Waals surface area contributed by atoms with Crippen molar-refractivity contribution in [3.63, 3.8) is 0 Å². The molecule has 0 radical (unpaired) electrons. The summed E-state index contributed by atoms with van der Waals surface area (Å²) in [5, 5.41) is 4.34. The molecule has 1 aromatic heterocycles. The number of benzene rings is 1. The van der Waals surface area contributed by atoms with Crippen LogP contribution >= 0.6 is 11.6 Å². The molecule has 4 heteroatoms. The number of anilines is 1. The standard InChI is InChI=1S/C13H13ClN2O/c1-2-4-12(17)16-11-7-6-10(14)9-5-3-8-15-13(9)11/h3,5-8H,2,4H2,1H3,(H,16,17). The molecule has 0 atom stereocenters. The van der Waals surface area contributed by atoms with E-state index in [4.69, 9.17) is 11.6 Å². The molecule has 0 saturated carbocycles. The van der Waals surface area contributed by atoms with E-state index < -0.39 is 0 Å². The molecule has 1 aromatic carbocycles. The number of hydrogen-bond acceptors (Lipinski definition) is 2. The molecule has 0 unspecified atom stereocenters. The third kappa shape index (κ3) is 2.56. The molecule has 0 aliphatic carbocycles. The van der Waals surface area contributed by atoms with Crippen molar-refractivity contribution in [1.29, 1.82) is 0 Å². The van der Waals surface area contributed by atoms with Crippen molar-refractivity contribution < 1.29 is 4.79 Å². The van der Waals surface area contributed by atoms with Crippen LogP contribution in [0.25, 0.3) is 10.9 Å². The molecule has 0 spiro atoms. The maximum atomic E-state index is 11.6. The highest BCUT2D eigenvalue weighted by Crippen LogP contribution is 2.27. The zero-order valence-corrected chi connectivity index (χ0v) is 10.3. The molecule has 1 N–H and O–H groups in total. The fraction of sp³-hybridized carbons (Fsp3) is 0.231. The highest BCUT2D eigenvalue weighted by atomic mass is 35.5. The predicted octanol–water partition coefficient (Wildman–Crippen LogP) is 3.63. The molecule has 3 nitrogen and oxygen atoms in total. The molecule has 0 saturated heterocycles. The quantitative estimate of drug-likeness (QED) is 0.901. The van der Waals surface area contributed by atoms with Gasteiger partial charge in [0, 0.05) is 18.0 Å². The number of halogens is 1. The number of amides is 1. The van der Waals surface area contributed by atoms with Gasteiger partial charge < -0.3 is 5.32 Å². The summed E-state index contributed by atoms with van der Waals surface area (Å²) in [5.74, 6) is 0.00164. The topological polar surface area (TPSA) is 42.0 Å². The number of hydrogen-bond donors (Lipinski definition) is 1. The molecule has 0 aliphatic heterocycles. The van der Waals surface area contributed by atoms with E-state index in [-0.39, 0.29) is 5.91 Å². The van der Waals surface area contributed by atoms with Gasteiger partial charge in [-0.3, -0.25) is 9.78 Å². The number of rotatable bonds is 3. The van der Waals surface area contributed by atoms with Crippen LogP contribution in [0.4, 0.5) is 5.69 Å². The fourth-order valence-electron chi connectivity index (χ4n) is 1.68. The maximum absolute atomic E-state index is 11.6. The number of nitrogens with zero attached hydrogens (tertiary/aromatic N) is 1. The van der Waals surface area contributed by atoms with Gasteiger partial charge >= 0.3 is 0 Å². The number of fused-ring (bicyclic) bond motifs is 1. The monoisotopic (exact) mass is 248 g/mol. The lowest BCUT2D eigenvalue weighted by atomic mass is 10.2. The van der Waals surface area contributed by atoms with Crippen LogP contribution in [0.3, 0.4) is 0 Å². The summed E-state index contributed by atoms with van der Waals surface area (Å²) in [6.45, 7) is 1.97. The van der Waals surface area contributed by atoms with Crippen molar-refractivity contribution in [1.82, 2.24) is 4.98 Å². The second-order valence-corrected chi connectivity index (χ2v) is 4.20. The van der Waals surface area contributed by atoms with Gasteiger partial charge in [-0.1, -0.05) is 18.5 Å². The molecule has 0 bridgehead atoms. The Morgan fingerprint density at radius 1 is 1.41 bits per heavy atom. The average molecular weight is 249 g/mol. The zero-order valence-electron chi connectivity index (χ0n) is 9.53. The van der Waals surface area contributed by atoms with E-state index in [1.165, 1.54) is 0 Å². The SMILES string of the molecule is CCCC(=O)Nc1ccc(Cl)c2cccnc12. The molecular formula is C13H13ClN2O. The highest BCUT2D eigenvalue weighted by Gasteiger charge is 2.07. The first kappa shape index (κ1) is 11.9. The van der Waals surface area contributed by atoms with Crippen LogP contribution in [0.15, 0.2) is 30.5 Å². The normalized spacial score (nSPS) is 10.5. The predicted molar refractivity (Wildman–Crippen MR) is 70.3 cm³/mol. The summed E-state index contributed by atoms with van der Waals surface area (Å²) < 4.78 is 0. The van der Waals surface area contributed by atoms with Gasteiger partial charge in [-0.05, 0) is 30.7 Å². The van der Waals surface area contributed by atoms with Gasteiger partial charge in [-0.15, -0.1) is 0 Å². The third-order valence-electron chi connectivity index (χ3n) is 2.47. The maximum Gasteiger partial charge on any atom is 0.224 e. The number of aromatic nitrogens is 1. The lowest BCUT2D eigenvalue weighted by Crippen LogP contribution is -2.11. The van der Waals surface area contributed by atoms with Crippen molar-refractivity contribution in [3.8, 4) is 0 Å². The first-order chi connectivity index (χ1) is 8.22. The van der Waals surface area contributed by atoms with Crippen LogP contribution in [0, 0.1) is 0 Å². The van der Waals surface area contributed by atoms with Gasteiger partial charge in [0.05, 0.1) is 16.2 Å². The van der Waals surface area contributed by atoms with E-state index in [2.05, 4.69) is 10.3 Å². The Balaban J connectivity index is 2.41. The van der Waals surface area contributed by atoms with E-state index in [1.54, 1.807) is 18.3 Å². The molecule has 17 heavy (non-hydrogen) atoms. The molecular weight excluding hydrogens is 236 g/mol. The zero-order chi connectivity index (χ0) is 12.3. The van der Waals surface area contributed by atoms with Crippen LogP contribution < -0.4 is 5.32 Å². The Labute approximate surface area is 105 Å². The number of pyridine rings is 1. The Morgan fingerprint density at radius 3 is 3.00 bits per heavy atom. The Morgan fingerprint density at radius 2 is 2.24 bits per heavy atom. The van der Waals surface area contributed by atoms with Crippen LogP contribution in [0.1, 0.15) is 19.8 Å². The number of nitrogens with one attached hydrogen (secondary N) is 1. The number of carbonyl (C=O) groups is 1. The van der Waals surface area contributed by atoms with Crippen LogP contribution in [-0.4, -0.2) is 10.9 Å². The Kier molecular flexibility index (Phi) is 3.59. The second-order valence-electron chi connectivity index (χ2n) is 3.79. The first-order valence-corrected chi connectivity index (χ1v) is 5.93. The van der Waals surface area contributed by atoms with E-state index in [0.29, 0.717) is 17.1 Å². The lowest BCUT2D eigenvalue weighted by Gasteiger charge is -2.08. The van der Waals surface area contributed by atoms with Gasteiger partial charge in [0.25, 0.3) is 0 Å². The van der Waals surface area contributed by atoms with Gasteiger partial charge in [-0.2, -0.15) is 0 Å². The fourth-order valence-corrected chi connectivity index (χ4v) is 1.89. The summed E-state index contributed by atoms with van der Waals surface area (Å²) in [7, 11) is 0. The minimum Gasteiger partial charge on any atom is -0.324 e. The summed E-state index contributed by atoms with van der Waals surface area (Å²) >= 11 is 6.07. The molecule has 1 heterocycles. The van der Waals surface area contributed by atoms with Crippen molar-refractivity contribution in [2.45, 2.75) is 19.8 Å². The number of carbonyl (C=O) groups excluding carboxylic acids is 1. The molecule has 0 aliphatic rings. The van der Waals surface area contributed by atoms with Gasteiger partial charge in [-0.25, -0.2) is 0 Å². The Bertz CT molecular complexity index is 554. The van der Waals surface area contributed by atoms with Crippen LogP contribution in [-0.2, 0) is 4.79 Å². The van der Waals surface area contributed by atoms with E-state index >= 15 is 0 Å². The van der Waals surface area contributed by atoms with E-state index in [1.807, 2.05) is 19.1 Å². The second kappa shape index (κ2) is 5.15. The molecule has 88 valence electrons. The summed E-state index contributed by atoms with van der Waals surface area (Å²) in [6, 6.07) is 7.27. The summed E-state index contributed by atoms with van der Waals surface area (Å²) in [5.41, 5.74) is 1.44. The lowest BCUT2D eigenvalue weighted by molar-refractivity contribution is -0.116. The van der Waals surface area contributed by atoms with Crippen molar-refractivity contribution in [3.05, 3.63) is 35.5 Å². The average Bonchev–Trinajstić information content (AvgIpc) is 2.34. The van der Waals surface area contributed by atoms with Crippen LogP contribution in [0.5, 0.6) is 0 Å².